The third kappa shape index (κ3) is 3.09. The van der Waals surface area contributed by atoms with Crippen molar-refractivity contribution < 1.29 is 13.6 Å². The fourth-order valence-electron chi connectivity index (χ4n) is 2.91. The summed E-state index contributed by atoms with van der Waals surface area (Å²) >= 11 is 0. The monoisotopic (exact) mass is 342 g/mol. The number of nitrogens with zero attached hydrogens (tertiary/aromatic N) is 4. The number of hydrogen-bond donors (Lipinski definition) is 0. The minimum atomic E-state index is -0.635. The molecule has 1 saturated carbocycles. The van der Waals surface area contributed by atoms with E-state index in [2.05, 4.69) is 10.1 Å². The lowest BCUT2D eigenvalue weighted by Crippen LogP contribution is -2.36. The summed E-state index contributed by atoms with van der Waals surface area (Å²) in [6.45, 7) is -0.0816. The number of carbonyl (C=O) groups is 1. The molecule has 2 heterocycles. The minimum Gasteiger partial charge on any atom is -0.334 e. The molecule has 1 fully saturated rings. The Labute approximate surface area is 142 Å². The van der Waals surface area contributed by atoms with E-state index in [1.54, 1.807) is 18.5 Å². The van der Waals surface area contributed by atoms with Crippen molar-refractivity contribution in [3.8, 4) is 0 Å². The molecule has 1 aliphatic rings. The summed E-state index contributed by atoms with van der Waals surface area (Å²) in [6, 6.07) is 7.43. The van der Waals surface area contributed by atoms with Crippen LogP contribution in [0.25, 0.3) is 11.0 Å². The summed E-state index contributed by atoms with van der Waals surface area (Å²) in [5.41, 5.74) is 0.537. The maximum atomic E-state index is 13.9. The summed E-state index contributed by atoms with van der Waals surface area (Å²) in [6.07, 6.45) is 4.98. The van der Waals surface area contributed by atoms with Crippen LogP contribution in [0, 0.1) is 11.6 Å². The van der Waals surface area contributed by atoms with E-state index in [4.69, 9.17) is 0 Å². The molecule has 1 amide bonds. The SMILES string of the molecule is O=C(Cn1ncc2cccnc21)N(Cc1c(F)cccc1F)C1CC1. The van der Waals surface area contributed by atoms with Crippen molar-refractivity contribution in [2.24, 2.45) is 0 Å². The van der Waals surface area contributed by atoms with Gasteiger partial charge in [0.15, 0.2) is 5.65 Å². The van der Waals surface area contributed by atoms with Crippen molar-refractivity contribution in [3.63, 3.8) is 0 Å². The minimum absolute atomic E-state index is 0.00686. The van der Waals surface area contributed by atoms with Crippen molar-refractivity contribution in [2.75, 3.05) is 0 Å². The van der Waals surface area contributed by atoms with Gasteiger partial charge in [-0.15, -0.1) is 0 Å². The standard InChI is InChI=1S/C18H16F2N4O/c19-15-4-1-5-16(20)14(15)10-23(13-6-7-13)17(25)11-24-18-12(9-22-24)3-2-8-21-18/h1-5,8-9,13H,6-7,10-11H2. The number of aromatic nitrogens is 3. The molecular weight excluding hydrogens is 326 g/mol. The summed E-state index contributed by atoms with van der Waals surface area (Å²) in [4.78, 5) is 18.5. The van der Waals surface area contributed by atoms with Crippen LogP contribution in [0.15, 0.2) is 42.7 Å². The number of carbonyl (C=O) groups excluding carboxylic acids is 1. The van der Waals surface area contributed by atoms with Gasteiger partial charge in [-0.3, -0.25) is 4.79 Å². The van der Waals surface area contributed by atoms with Gasteiger partial charge in [0.1, 0.15) is 18.2 Å². The Hall–Kier alpha value is -2.83. The zero-order chi connectivity index (χ0) is 17.4. The Bertz CT molecular complexity index is 915. The molecular formula is C18H16F2N4O. The zero-order valence-corrected chi connectivity index (χ0v) is 13.4. The Morgan fingerprint density at radius 1 is 1.20 bits per heavy atom. The lowest BCUT2D eigenvalue weighted by molar-refractivity contribution is -0.133. The van der Waals surface area contributed by atoms with Crippen LogP contribution in [0.4, 0.5) is 8.78 Å². The molecule has 25 heavy (non-hydrogen) atoms. The molecule has 0 bridgehead atoms. The second kappa shape index (κ2) is 6.23. The van der Waals surface area contributed by atoms with Gasteiger partial charge in [0.05, 0.1) is 12.7 Å². The molecule has 0 atom stereocenters. The summed E-state index contributed by atoms with van der Waals surface area (Å²) in [5, 5.41) is 5.04. The molecule has 0 unspecified atom stereocenters. The number of halogens is 2. The third-order valence-corrected chi connectivity index (χ3v) is 4.38. The van der Waals surface area contributed by atoms with Crippen LogP contribution >= 0.6 is 0 Å². The summed E-state index contributed by atoms with van der Waals surface area (Å²) in [5.74, 6) is -1.49. The van der Waals surface area contributed by atoms with Crippen LogP contribution in [-0.4, -0.2) is 31.6 Å². The molecule has 1 aromatic carbocycles. The van der Waals surface area contributed by atoms with Gasteiger partial charge in [0, 0.05) is 23.2 Å². The van der Waals surface area contributed by atoms with E-state index in [1.165, 1.54) is 27.8 Å². The van der Waals surface area contributed by atoms with E-state index in [0.29, 0.717) is 5.65 Å². The fraction of sp³-hybridized carbons (Fsp3) is 0.278. The van der Waals surface area contributed by atoms with Crippen molar-refractivity contribution in [1.82, 2.24) is 19.7 Å². The number of benzene rings is 1. The van der Waals surface area contributed by atoms with Gasteiger partial charge in [-0.05, 0) is 37.1 Å². The topological polar surface area (TPSA) is 51.0 Å². The normalized spacial score (nSPS) is 14.0. The average Bonchev–Trinajstić information content (AvgIpc) is 3.36. The van der Waals surface area contributed by atoms with Crippen molar-refractivity contribution >= 4 is 16.9 Å². The van der Waals surface area contributed by atoms with E-state index in [1.807, 2.05) is 6.07 Å². The Morgan fingerprint density at radius 3 is 2.68 bits per heavy atom. The highest BCUT2D eigenvalue weighted by Crippen LogP contribution is 2.30. The van der Waals surface area contributed by atoms with Crippen molar-refractivity contribution in [3.05, 3.63) is 59.9 Å². The second-order valence-corrected chi connectivity index (χ2v) is 6.17. The summed E-state index contributed by atoms with van der Waals surface area (Å²) < 4.78 is 29.4. The molecule has 5 nitrogen and oxygen atoms in total. The van der Waals surface area contributed by atoms with Crippen molar-refractivity contribution in [2.45, 2.75) is 32.0 Å². The van der Waals surface area contributed by atoms with Gasteiger partial charge in [-0.1, -0.05) is 6.07 Å². The van der Waals surface area contributed by atoms with E-state index in [0.717, 1.165) is 18.2 Å². The summed E-state index contributed by atoms with van der Waals surface area (Å²) in [7, 11) is 0. The van der Waals surface area contributed by atoms with Crippen LogP contribution in [0.5, 0.6) is 0 Å². The lowest BCUT2D eigenvalue weighted by atomic mass is 10.2. The van der Waals surface area contributed by atoms with E-state index in [-0.39, 0.29) is 30.6 Å². The molecule has 0 N–H and O–H groups in total. The van der Waals surface area contributed by atoms with Gasteiger partial charge in [0.2, 0.25) is 5.91 Å². The van der Waals surface area contributed by atoms with Gasteiger partial charge in [-0.25, -0.2) is 18.4 Å². The van der Waals surface area contributed by atoms with Gasteiger partial charge in [-0.2, -0.15) is 5.10 Å². The van der Waals surface area contributed by atoms with Crippen LogP contribution in [0.1, 0.15) is 18.4 Å². The Morgan fingerprint density at radius 2 is 1.96 bits per heavy atom. The molecule has 3 aromatic rings. The zero-order valence-electron chi connectivity index (χ0n) is 13.4. The Balaban J connectivity index is 1.58. The maximum absolute atomic E-state index is 13.9. The number of pyridine rings is 1. The molecule has 0 spiro atoms. The maximum Gasteiger partial charge on any atom is 0.244 e. The predicted molar refractivity (Wildman–Crippen MR) is 87.5 cm³/mol. The first-order valence-electron chi connectivity index (χ1n) is 8.12. The lowest BCUT2D eigenvalue weighted by Gasteiger charge is -2.23. The second-order valence-electron chi connectivity index (χ2n) is 6.17. The molecule has 2 aromatic heterocycles. The van der Waals surface area contributed by atoms with Crippen LogP contribution in [0.3, 0.4) is 0 Å². The number of hydrogen-bond acceptors (Lipinski definition) is 3. The molecule has 0 saturated heterocycles. The van der Waals surface area contributed by atoms with Crippen LogP contribution in [-0.2, 0) is 17.9 Å². The van der Waals surface area contributed by atoms with E-state index in [9.17, 15) is 13.6 Å². The first kappa shape index (κ1) is 15.7. The van der Waals surface area contributed by atoms with Gasteiger partial charge in [0.25, 0.3) is 0 Å². The third-order valence-electron chi connectivity index (χ3n) is 4.38. The molecule has 0 radical (unpaired) electrons. The largest absolute Gasteiger partial charge is 0.334 e. The molecule has 1 aliphatic carbocycles. The number of rotatable bonds is 5. The number of fused-ring (bicyclic) bond motifs is 1. The molecule has 7 heteroatoms. The predicted octanol–water partition coefficient (Wildman–Crippen LogP) is 2.90. The molecule has 4 rings (SSSR count). The first-order chi connectivity index (χ1) is 12.1. The quantitative estimate of drug-likeness (QED) is 0.716. The highest BCUT2D eigenvalue weighted by molar-refractivity contribution is 5.80. The Kier molecular flexibility index (Phi) is 3.91. The molecule has 128 valence electrons. The highest BCUT2D eigenvalue weighted by Gasteiger charge is 2.34. The van der Waals surface area contributed by atoms with Crippen LogP contribution in [0.2, 0.25) is 0 Å². The van der Waals surface area contributed by atoms with Crippen molar-refractivity contribution in [1.29, 1.82) is 0 Å². The fourth-order valence-corrected chi connectivity index (χ4v) is 2.91. The smallest absolute Gasteiger partial charge is 0.244 e. The average molecular weight is 342 g/mol. The number of amides is 1. The van der Waals surface area contributed by atoms with E-state index < -0.39 is 11.6 Å². The van der Waals surface area contributed by atoms with Gasteiger partial charge < -0.3 is 4.90 Å². The highest BCUT2D eigenvalue weighted by atomic mass is 19.1. The van der Waals surface area contributed by atoms with E-state index >= 15 is 0 Å². The van der Waals surface area contributed by atoms with Crippen LogP contribution < -0.4 is 0 Å². The first-order valence-corrected chi connectivity index (χ1v) is 8.12. The molecule has 0 aliphatic heterocycles. The van der Waals surface area contributed by atoms with Gasteiger partial charge >= 0.3 is 0 Å².